The highest BCUT2D eigenvalue weighted by molar-refractivity contribution is 5.14. The second-order valence-electron chi connectivity index (χ2n) is 16.3. The molecule has 8 N–H and O–H groups in total. The third-order valence-electron chi connectivity index (χ3n) is 14.2. The fourth-order valence-corrected chi connectivity index (χ4v) is 11.4. The van der Waals surface area contributed by atoms with E-state index in [-0.39, 0.29) is 46.3 Å². The molecule has 19 atom stereocenters. The van der Waals surface area contributed by atoms with Crippen LogP contribution in [0.5, 0.6) is 0 Å². The lowest BCUT2D eigenvalue weighted by atomic mass is 9.43. The highest BCUT2D eigenvalue weighted by Gasteiger charge is 2.65. The van der Waals surface area contributed by atoms with Gasteiger partial charge in [0.15, 0.2) is 0 Å². The Labute approximate surface area is 257 Å². The van der Waals surface area contributed by atoms with E-state index in [0.29, 0.717) is 43.9 Å². The summed E-state index contributed by atoms with van der Waals surface area (Å²) in [6.07, 6.45) is -0.801. The molecule has 0 aromatic rings. The van der Waals surface area contributed by atoms with Crippen LogP contribution in [-0.2, 0) is 4.74 Å². The van der Waals surface area contributed by atoms with E-state index in [9.17, 15) is 40.9 Å². The summed E-state index contributed by atoms with van der Waals surface area (Å²) in [7, 11) is 0. The number of ether oxygens (including phenoxy) is 1. The van der Waals surface area contributed by atoms with Crippen molar-refractivity contribution < 1.29 is 45.6 Å². The van der Waals surface area contributed by atoms with Gasteiger partial charge in [-0.05, 0) is 111 Å². The monoisotopic (exact) mass is 612 g/mol. The van der Waals surface area contributed by atoms with Crippen molar-refractivity contribution >= 4 is 0 Å². The SMILES string of the molecule is CC(CC1O[C@H](CO)[C@@H](O)[C@H](O)[C@H]1O)[C@@H](C)CC(O)[C@@H](C)[C@H]1CC[C@H]2[C@@H]3CCC4CC(O)CC(O)[C@]4(C)[C@H]3C(O)C[C@]12C. The van der Waals surface area contributed by atoms with E-state index >= 15 is 0 Å². The number of hydrogen-bond donors (Lipinski definition) is 8. The summed E-state index contributed by atoms with van der Waals surface area (Å²) in [5.41, 5.74) is -0.465. The van der Waals surface area contributed by atoms with Gasteiger partial charge in [0.2, 0.25) is 0 Å². The van der Waals surface area contributed by atoms with Gasteiger partial charge in [-0.3, -0.25) is 0 Å². The molecule has 5 aliphatic rings. The van der Waals surface area contributed by atoms with Gasteiger partial charge < -0.3 is 45.6 Å². The number of aliphatic hydroxyl groups is 8. The molecule has 0 spiro atoms. The molecule has 0 aromatic heterocycles. The highest BCUT2D eigenvalue weighted by atomic mass is 16.5. The van der Waals surface area contributed by atoms with E-state index in [1.165, 1.54) is 0 Å². The van der Waals surface area contributed by atoms with Crippen LogP contribution in [0.4, 0.5) is 0 Å². The van der Waals surface area contributed by atoms with Gasteiger partial charge in [-0.15, -0.1) is 0 Å². The van der Waals surface area contributed by atoms with Gasteiger partial charge in [-0.25, -0.2) is 0 Å². The summed E-state index contributed by atoms with van der Waals surface area (Å²) < 4.78 is 5.74. The number of aliphatic hydroxyl groups excluding tert-OH is 8. The predicted octanol–water partition coefficient (Wildman–Crippen LogP) is 1.84. The van der Waals surface area contributed by atoms with E-state index in [4.69, 9.17) is 4.74 Å². The lowest BCUT2D eigenvalue weighted by molar-refractivity contribution is -0.233. The van der Waals surface area contributed by atoms with Gasteiger partial charge in [0.1, 0.15) is 24.4 Å². The minimum atomic E-state index is -1.38. The Balaban J connectivity index is 1.23. The molecule has 5 fully saturated rings. The lowest BCUT2D eigenvalue weighted by Gasteiger charge is -2.63. The van der Waals surface area contributed by atoms with Crippen LogP contribution in [0, 0.1) is 58.2 Å². The predicted molar refractivity (Wildman–Crippen MR) is 161 cm³/mol. The number of fused-ring (bicyclic) bond motifs is 5. The van der Waals surface area contributed by atoms with Crippen molar-refractivity contribution in [2.24, 2.45) is 58.2 Å². The maximum Gasteiger partial charge on any atom is 0.111 e. The zero-order valence-corrected chi connectivity index (χ0v) is 26.9. The Kier molecular flexibility index (Phi) is 10.0. The number of hydrogen-bond acceptors (Lipinski definition) is 9. The van der Waals surface area contributed by atoms with E-state index in [0.717, 1.165) is 25.7 Å². The van der Waals surface area contributed by atoms with Crippen molar-refractivity contribution in [1.82, 2.24) is 0 Å². The summed E-state index contributed by atoms with van der Waals surface area (Å²) in [5.74, 6) is 1.54. The van der Waals surface area contributed by atoms with Crippen molar-refractivity contribution in [3.63, 3.8) is 0 Å². The quantitative estimate of drug-likeness (QED) is 0.204. The second-order valence-corrected chi connectivity index (χ2v) is 16.3. The molecule has 43 heavy (non-hydrogen) atoms. The summed E-state index contributed by atoms with van der Waals surface area (Å²) in [6.45, 7) is 10.3. The third-order valence-corrected chi connectivity index (χ3v) is 14.2. The zero-order chi connectivity index (χ0) is 31.6. The molecule has 1 aliphatic heterocycles. The summed E-state index contributed by atoms with van der Waals surface area (Å²) in [4.78, 5) is 0. The van der Waals surface area contributed by atoms with E-state index < -0.39 is 61.5 Å². The Hall–Kier alpha value is -0.360. The largest absolute Gasteiger partial charge is 0.394 e. The van der Waals surface area contributed by atoms with Crippen molar-refractivity contribution in [2.45, 2.75) is 147 Å². The first-order chi connectivity index (χ1) is 20.1. The van der Waals surface area contributed by atoms with E-state index in [1.54, 1.807) is 0 Å². The first-order valence-electron chi connectivity index (χ1n) is 17.2. The fraction of sp³-hybridized carbons (Fsp3) is 1.00. The maximum absolute atomic E-state index is 11.8. The Morgan fingerprint density at radius 1 is 0.814 bits per heavy atom. The zero-order valence-electron chi connectivity index (χ0n) is 26.9. The minimum absolute atomic E-state index is 0.0362. The minimum Gasteiger partial charge on any atom is -0.394 e. The van der Waals surface area contributed by atoms with Gasteiger partial charge in [-0.1, -0.05) is 34.6 Å². The van der Waals surface area contributed by atoms with Crippen LogP contribution in [-0.4, -0.2) is 102 Å². The molecular formula is C34H60O9. The molecule has 0 bridgehead atoms. The van der Waals surface area contributed by atoms with Crippen LogP contribution in [0.15, 0.2) is 0 Å². The van der Waals surface area contributed by atoms with Gasteiger partial charge in [0.25, 0.3) is 0 Å². The molecule has 1 saturated heterocycles. The lowest BCUT2D eigenvalue weighted by Crippen LogP contribution is -2.63. The summed E-state index contributed by atoms with van der Waals surface area (Å²) in [6, 6.07) is 0. The van der Waals surface area contributed by atoms with Crippen molar-refractivity contribution in [3.05, 3.63) is 0 Å². The molecule has 1 heterocycles. The van der Waals surface area contributed by atoms with Crippen molar-refractivity contribution in [1.29, 1.82) is 0 Å². The van der Waals surface area contributed by atoms with Gasteiger partial charge in [0, 0.05) is 5.41 Å². The molecule has 4 saturated carbocycles. The molecule has 5 rings (SSSR count). The first kappa shape index (κ1) is 34.0. The maximum atomic E-state index is 11.8. The Morgan fingerprint density at radius 3 is 2.16 bits per heavy atom. The third kappa shape index (κ3) is 5.75. The van der Waals surface area contributed by atoms with Crippen LogP contribution >= 0.6 is 0 Å². The standard InChI is InChI=1S/C34H60O9/c1-16(17(2)11-26-30(40)32(42)31(41)27(15-35)43-26)10-24(37)18(3)22-8-9-23-21-7-6-19-12-20(36)13-28(39)34(19,5)29(21)25(38)14-33(22,23)4/h16-32,35-42H,6-15H2,1-5H3/t16-,17?,18-,19?,20?,21-,22+,23-,24?,25?,26?,27+,28?,29+,30-,31+,32+,33+,34+/m0/s1. The van der Waals surface area contributed by atoms with Crippen LogP contribution in [0.1, 0.15) is 92.4 Å². The molecule has 0 aromatic carbocycles. The summed E-state index contributed by atoms with van der Waals surface area (Å²) >= 11 is 0. The molecule has 0 radical (unpaired) electrons. The molecule has 9 nitrogen and oxygen atoms in total. The topological polar surface area (TPSA) is 171 Å². The molecule has 7 unspecified atom stereocenters. The first-order valence-corrected chi connectivity index (χ1v) is 17.2. The molecule has 9 heteroatoms. The molecular weight excluding hydrogens is 552 g/mol. The Morgan fingerprint density at radius 2 is 1.49 bits per heavy atom. The highest BCUT2D eigenvalue weighted by Crippen LogP contribution is 2.68. The Bertz CT molecular complexity index is 949. The average Bonchev–Trinajstić information content (AvgIpc) is 3.29. The normalized spacial score (nSPS) is 52.8. The van der Waals surface area contributed by atoms with E-state index in [2.05, 4.69) is 27.7 Å². The average molecular weight is 613 g/mol. The van der Waals surface area contributed by atoms with Gasteiger partial charge in [-0.2, -0.15) is 0 Å². The van der Waals surface area contributed by atoms with Crippen LogP contribution in [0.25, 0.3) is 0 Å². The molecule has 0 amide bonds. The van der Waals surface area contributed by atoms with Gasteiger partial charge >= 0.3 is 0 Å². The number of rotatable bonds is 8. The van der Waals surface area contributed by atoms with Crippen molar-refractivity contribution in [2.75, 3.05) is 6.61 Å². The van der Waals surface area contributed by atoms with Crippen LogP contribution in [0.2, 0.25) is 0 Å². The van der Waals surface area contributed by atoms with Gasteiger partial charge in [0.05, 0.1) is 37.1 Å². The second kappa shape index (κ2) is 12.7. The molecule has 250 valence electrons. The smallest absolute Gasteiger partial charge is 0.111 e. The van der Waals surface area contributed by atoms with Crippen LogP contribution < -0.4 is 0 Å². The molecule has 4 aliphatic carbocycles. The van der Waals surface area contributed by atoms with E-state index in [1.807, 2.05) is 6.92 Å². The van der Waals surface area contributed by atoms with Crippen molar-refractivity contribution in [3.8, 4) is 0 Å². The fourth-order valence-electron chi connectivity index (χ4n) is 11.4. The van der Waals surface area contributed by atoms with Crippen LogP contribution in [0.3, 0.4) is 0 Å². The summed E-state index contributed by atoms with van der Waals surface area (Å²) in [5, 5.41) is 85.3.